The van der Waals surface area contributed by atoms with E-state index in [-0.39, 0.29) is 12.4 Å². The summed E-state index contributed by atoms with van der Waals surface area (Å²) in [5.41, 5.74) is 0.487. The number of alkyl halides is 3. The zero-order valence-electron chi connectivity index (χ0n) is 12.7. The number of halogens is 4. The molecule has 2 heterocycles. The van der Waals surface area contributed by atoms with Crippen molar-refractivity contribution in [2.75, 3.05) is 6.54 Å². The number of nitrogens with zero attached hydrogens (tertiary/aromatic N) is 2. The molecule has 1 aromatic heterocycles. The first-order valence-corrected chi connectivity index (χ1v) is 7.81. The van der Waals surface area contributed by atoms with Gasteiger partial charge in [-0.1, -0.05) is 19.8 Å². The van der Waals surface area contributed by atoms with Crippen molar-refractivity contribution in [1.29, 1.82) is 0 Å². The predicted octanol–water partition coefficient (Wildman–Crippen LogP) is 3.80. The van der Waals surface area contributed by atoms with Crippen LogP contribution in [0.3, 0.4) is 0 Å². The first-order valence-electron chi connectivity index (χ1n) is 7.81. The Balaban J connectivity index is 0.00000176. The third-order valence-corrected chi connectivity index (χ3v) is 4.85. The van der Waals surface area contributed by atoms with Crippen molar-refractivity contribution in [3.8, 4) is 0 Å². The van der Waals surface area contributed by atoms with Crippen LogP contribution in [0.4, 0.5) is 13.2 Å². The second-order valence-corrected chi connectivity index (χ2v) is 6.51. The van der Waals surface area contributed by atoms with E-state index >= 15 is 0 Å². The van der Waals surface area contributed by atoms with E-state index in [9.17, 15) is 13.2 Å². The molecule has 1 fully saturated rings. The van der Waals surface area contributed by atoms with Gasteiger partial charge in [-0.15, -0.1) is 12.4 Å². The highest BCUT2D eigenvalue weighted by atomic mass is 35.5. The molecule has 3 rings (SSSR count). The lowest BCUT2D eigenvalue weighted by Gasteiger charge is -2.27. The number of fused-ring (bicyclic) bond motifs is 1. The highest BCUT2D eigenvalue weighted by molar-refractivity contribution is 5.85. The molecule has 2 aliphatic rings. The number of rotatable bonds is 2. The zero-order chi connectivity index (χ0) is 15.0. The molecule has 0 spiro atoms. The van der Waals surface area contributed by atoms with Crippen LogP contribution in [0.2, 0.25) is 0 Å². The molecule has 7 heteroatoms. The Morgan fingerprint density at radius 3 is 2.55 bits per heavy atom. The molecule has 0 atom stereocenters. The number of aromatic nitrogens is 2. The number of hydrogen-bond donors (Lipinski definition) is 1. The van der Waals surface area contributed by atoms with Gasteiger partial charge in [-0.05, 0) is 37.6 Å². The van der Waals surface area contributed by atoms with Gasteiger partial charge in [0.05, 0.1) is 5.69 Å². The fourth-order valence-electron chi connectivity index (χ4n) is 3.55. The van der Waals surface area contributed by atoms with Gasteiger partial charge >= 0.3 is 6.18 Å². The van der Waals surface area contributed by atoms with E-state index in [1.807, 2.05) is 0 Å². The van der Waals surface area contributed by atoms with Crippen molar-refractivity contribution < 1.29 is 13.2 Å². The molecule has 0 saturated heterocycles. The minimum atomic E-state index is -4.34. The molecule has 0 bridgehead atoms. The molecule has 1 aliphatic heterocycles. The van der Waals surface area contributed by atoms with Crippen LogP contribution in [0, 0.1) is 11.8 Å². The highest BCUT2D eigenvalue weighted by Crippen LogP contribution is 2.35. The van der Waals surface area contributed by atoms with Gasteiger partial charge in [0, 0.05) is 18.7 Å². The maximum Gasteiger partial charge on any atom is 0.435 e. The normalized spacial score (nSPS) is 25.5. The summed E-state index contributed by atoms with van der Waals surface area (Å²) in [6.45, 7) is 3.98. The van der Waals surface area contributed by atoms with Crippen molar-refractivity contribution in [3.63, 3.8) is 0 Å². The van der Waals surface area contributed by atoms with Crippen molar-refractivity contribution in [3.05, 3.63) is 17.0 Å². The molecule has 0 aromatic carbocycles. The van der Waals surface area contributed by atoms with E-state index in [0.717, 1.165) is 24.5 Å². The summed E-state index contributed by atoms with van der Waals surface area (Å²) in [6.07, 6.45) is 0.645. The Hall–Kier alpha value is -0.750. The zero-order valence-corrected chi connectivity index (χ0v) is 13.6. The fraction of sp³-hybridized carbons (Fsp3) is 0.800. The van der Waals surface area contributed by atoms with Crippen LogP contribution in [0.5, 0.6) is 0 Å². The molecule has 0 radical (unpaired) electrons. The summed E-state index contributed by atoms with van der Waals surface area (Å²) in [7, 11) is 0. The Morgan fingerprint density at radius 2 is 1.91 bits per heavy atom. The van der Waals surface area contributed by atoms with E-state index in [0.29, 0.717) is 37.5 Å². The molecule has 0 unspecified atom stereocenters. The average Bonchev–Trinajstić information content (AvgIpc) is 2.81. The molecule has 1 saturated carbocycles. The summed E-state index contributed by atoms with van der Waals surface area (Å²) in [5.74, 6) is 1.22. The molecule has 22 heavy (non-hydrogen) atoms. The summed E-state index contributed by atoms with van der Waals surface area (Å²) in [4.78, 5) is 0. The second-order valence-electron chi connectivity index (χ2n) is 6.51. The van der Waals surface area contributed by atoms with Gasteiger partial charge in [0.1, 0.15) is 0 Å². The van der Waals surface area contributed by atoms with Crippen molar-refractivity contribution >= 4 is 12.4 Å². The lowest BCUT2D eigenvalue weighted by Crippen LogP contribution is -2.27. The maximum atomic E-state index is 13.1. The Bertz CT molecular complexity index is 505. The minimum absolute atomic E-state index is 0. The first kappa shape index (κ1) is 17.6. The fourth-order valence-corrected chi connectivity index (χ4v) is 3.55. The molecule has 126 valence electrons. The Kier molecular flexibility index (Phi) is 5.43. The smallest absolute Gasteiger partial charge is 0.311 e. The standard InChI is InChI=1S/C15H22F3N3.ClH/c1-10-2-4-11(5-3-10)9-21-13-8-19-7-6-12(13)14(20-21)15(16,17)18;/h10-11,19H,2-9H2,1H3;1H. The topological polar surface area (TPSA) is 29.9 Å². The van der Waals surface area contributed by atoms with Gasteiger partial charge < -0.3 is 5.32 Å². The van der Waals surface area contributed by atoms with Gasteiger partial charge in [-0.25, -0.2) is 0 Å². The maximum absolute atomic E-state index is 13.1. The van der Waals surface area contributed by atoms with Crippen molar-refractivity contribution in [2.45, 2.75) is 58.3 Å². The Morgan fingerprint density at radius 1 is 1.23 bits per heavy atom. The van der Waals surface area contributed by atoms with E-state index in [1.165, 1.54) is 12.8 Å². The minimum Gasteiger partial charge on any atom is -0.311 e. The highest BCUT2D eigenvalue weighted by Gasteiger charge is 2.39. The molecular weight excluding hydrogens is 315 g/mol. The molecule has 1 aliphatic carbocycles. The molecule has 3 nitrogen and oxygen atoms in total. The van der Waals surface area contributed by atoms with Crippen molar-refractivity contribution in [1.82, 2.24) is 15.1 Å². The first-order chi connectivity index (χ1) is 9.95. The number of nitrogens with one attached hydrogen (secondary N) is 1. The molecule has 0 amide bonds. The largest absolute Gasteiger partial charge is 0.435 e. The lowest BCUT2D eigenvalue weighted by molar-refractivity contribution is -0.142. The lowest BCUT2D eigenvalue weighted by atomic mass is 9.83. The Labute approximate surface area is 135 Å². The van der Waals surface area contributed by atoms with E-state index in [2.05, 4.69) is 17.3 Å². The van der Waals surface area contributed by atoms with Crippen LogP contribution < -0.4 is 5.32 Å². The van der Waals surface area contributed by atoms with Gasteiger partial charge in [0.25, 0.3) is 0 Å². The average molecular weight is 338 g/mol. The van der Waals surface area contributed by atoms with E-state index in [1.54, 1.807) is 4.68 Å². The third-order valence-electron chi connectivity index (χ3n) is 4.85. The van der Waals surface area contributed by atoms with Crippen LogP contribution in [0.15, 0.2) is 0 Å². The van der Waals surface area contributed by atoms with Gasteiger partial charge in [-0.2, -0.15) is 18.3 Å². The van der Waals surface area contributed by atoms with Crippen molar-refractivity contribution in [2.24, 2.45) is 11.8 Å². The van der Waals surface area contributed by atoms with Crippen LogP contribution in [0.25, 0.3) is 0 Å². The monoisotopic (exact) mass is 337 g/mol. The van der Waals surface area contributed by atoms with E-state index in [4.69, 9.17) is 0 Å². The number of hydrogen-bond acceptors (Lipinski definition) is 2. The molecule has 1 aromatic rings. The summed E-state index contributed by atoms with van der Waals surface area (Å²) in [6, 6.07) is 0. The molecular formula is C15H23ClF3N3. The summed E-state index contributed by atoms with van der Waals surface area (Å²) >= 11 is 0. The van der Waals surface area contributed by atoms with Crippen LogP contribution in [-0.4, -0.2) is 16.3 Å². The van der Waals surface area contributed by atoms with Crippen LogP contribution >= 0.6 is 12.4 Å². The predicted molar refractivity (Wildman–Crippen MR) is 81.0 cm³/mol. The van der Waals surface area contributed by atoms with Gasteiger partial charge in [0.2, 0.25) is 0 Å². The quantitative estimate of drug-likeness (QED) is 0.889. The molecule has 1 N–H and O–H groups in total. The van der Waals surface area contributed by atoms with E-state index < -0.39 is 11.9 Å². The third kappa shape index (κ3) is 3.59. The van der Waals surface area contributed by atoms with Crippen LogP contribution in [0.1, 0.15) is 49.6 Å². The summed E-state index contributed by atoms with van der Waals surface area (Å²) in [5, 5.41) is 7.09. The second kappa shape index (κ2) is 6.79. The van der Waals surface area contributed by atoms with Gasteiger partial charge in [0.15, 0.2) is 5.69 Å². The summed E-state index contributed by atoms with van der Waals surface area (Å²) < 4.78 is 41.0. The van der Waals surface area contributed by atoms with Gasteiger partial charge in [-0.3, -0.25) is 4.68 Å². The SMILES string of the molecule is CC1CCC(Cn2nc(C(F)(F)F)c3c2CNCC3)CC1.Cl. The van der Waals surface area contributed by atoms with Crippen LogP contribution in [-0.2, 0) is 25.7 Å².